The van der Waals surface area contributed by atoms with Gasteiger partial charge >= 0.3 is 0 Å². The highest BCUT2D eigenvalue weighted by Crippen LogP contribution is 2.50. The minimum absolute atomic E-state index is 0.169. The molecule has 3 N–H and O–H groups in total. The number of aryl methyl sites for hydroxylation is 1. The van der Waals surface area contributed by atoms with Crippen LogP contribution in [0.3, 0.4) is 0 Å². The maximum atomic E-state index is 13.4. The smallest absolute Gasteiger partial charge is 0.235 e. The zero-order valence-electron chi connectivity index (χ0n) is 17.1. The van der Waals surface area contributed by atoms with Crippen molar-refractivity contribution in [1.29, 1.82) is 0 Å². The molecule has 2 unspecified atom stereocenters. The number of rotatable bonds is 2. The minimum Gasteiger partial charge on any atom is -0.377 e. The van der Waals surface area contributed by atoms with Gasteiger partial charge in [0.25, 0.3) is 0 Å². The minimum atomic E-state index is -2.53. The predicted octanol–water partition coefficient (Wildman–Crippen LogP) is -0.00428. The van der Waals surface area contributed by atoms with Crippen molar-refractivity contribution < 1.29 is 29.1 Å². The molecule has 8 heteroatoms. The van der Waals surface area contributed by atoms with Crippen molar-refractivity contribution in [1.82, 2.24) is 0 Å². The van der Waals surface area contributed by atoms with Crippen LogP contribution in [-0.4, -0.2) is 53.8 Å². The predicted molar refractivity (Wildman–Crippen MR) is 106 cm³/mol. The first kappa shape index (κ1) is 20.4. The Bertz CT molecular complexity index is 1030. The second kappa shape index (κ2) is 6.57. The van der Waals surface area contributed by atoms with Crippen molar-refractivity contribution in [2.75, 3.05) is 19.0 Å². The van der Waals surface area contributed by atoms with Crippen molar-refractivity contribution in [3.8, 4) is 0 Å². The van der Waals surface area contributed by atoms with Gasteiger partial charge in [0.1, 0.15) is 0 Å². The summed E-state index contributed by atoms with van der Waals surface area (Å²) in [5.41, 5.74) is 5.54. The van der Waals surface area contributed by atoms with Gasteiger partial charge in [0.2, 0.25) is 5.91 Å². The molecule has 2 fully saturated rings. The van der Waals surface area contributed by atoms with E-state index in [4.69, 9.17) is 5.73 Å². The number of Topliss-reactive ketones (excluding diaryl/α,β-unsaturated/α-hetero) is 4. The second-order valence-electron chi connectivity index (χ2n) is 8.89. The molecule has 8 nitrogen and oxygen atoms in total. The summed E-state index contributed by atoms with van der Waals surface area (Å²) in [6, 6.07) is 3.73. The van der Waals surface area contributed by atoms with Crippen LogP contribution in [0.25, 0.3) is 0 Å². The number of aliphatic hydroxyl groups is 1. The third kappa shape index (κ3) is 2.52. The largest absolute Gasteiger partial charge is 0.377 e. The summed E-state index contributed by atoms with van der Waals surface area (Å²) in [5.74, 6) is -8.77. The van der Waals surface area contributed by atoms with Crippen molar-refractivity contribution in [3.63, 3.8) is 0 Å². The maximum absolute atomic E-state index is 13.4. The van der Waals surface area contributed by atoms with E-state index >= 15 is 0 Å². The van der Waals surface area contributed by atoms with Gasteiger partial charge in [0, 0.05) is 37.7 Å². The Morgan fingerprint density at radius 2 is 1.80 bits per heavy atom. The lowest BCUT2D eigenvalue weighted by Gasteiger charge is -2.49. The number of carbonyl (C=O) groups excluding carboxylic acids is 5. The Hall–Kier alpha value is -2.87. The molecule has 0 aromatic heterocycles. The average molecular weight is 412 g/mol. The molecule has 0 heterocycles. The summed E-state index contributed by atoms with van der Waals surface area (Å²) in [7, 11) is 3.74. The van der Waals surface area contributed by atoms with Crippen molar-refractivity contribution in [2.45, 2.75) is 31.8 Å². The van der Waals surface area contributed by atoms with Crippen LogP contribution in [0.4, 0.5) is 5.69 Å². The van der Waals surface area contributed by atoms with E-state index < -0.39 is 58.3 Å². The fourth-order valence-corrected chi connectivity index (χ4v) is 5.57. The monoisotopic (exact) mass is 412 g/mol. The molecule has 0 spiro atoms. The number of hydrogen-bond acceptors (Lipinski definition) is 7. The zero-order valence-corrected chi connectivity index (χ0v) is 17.1. The molecule has 4 rings (SSSR count). The molecule has 3 aliphatic rings. The van der Waals surface area contributed by atoms with Gasteiger partial charge in [-0.15, -0.1) is 0 Å². The Morgan fingerprint density at radius 1 is 1.13 bits per heavy atom. The van der Waals surface area contributed by atoms with Crippen LogP contribution in [0.1, 0.15) is 34.3 Å². The normalized spacial score (nSPS) is 32.9. The lowest BCUT2D eigenvalue weighted by molar-refractivity contribution is -0.175. The Labute approximate surface area is 173 Å². The van der Waals surface area contributed by atoms with Gasteiger partial charge in [-0.25, -0.2) is 0 Å². The molecule has 0 bridgehead atoms. The van der Waals surface area contributed by atoms with Gasteiger partial charge in [-0.05, 0) is 42.9 Å². The fourth-order valence-electron chi connectivity index (χ4n) is 5.57. The van der Waals surface area contributed by atoms with Crippen molar-refractivity contribution in [2.24, 2.45) is 29.4 Å². The van der Waals surface area contributed by atoms with Crippen LogP contribution in [0.5, 0.6) is 0 Å². The van der Waals surface area contributed by atoms with Crippen LogP contribution in [0.2, 0.25) is 0 Å². The van der Waals surface area contributed by atoms with E-state index in [1.54, 1.807) is 6.92 Å². The van der Waals surface area contributed by atoms with E-state index in [0.717, 1.165) is 16.8 Å². The van der Waals surface area contributed by atoms with Gasteiger partial charge < -0.3 is 15.7 Å². The second-order valence-corrected chi connectivity index (χ2v) is 8.89. The number of anilines is 1. The van der Waals surface area contributed by atoms with Crippen LogP contribution >= 0.6 is 0 Å². The first-order valence-corrected chi connectivity index (χ1v) is 9.97. The van der Waals surface area contributed by atoms with E-state index in [2.05, 4.69) is 0 Å². The summed E-state index contributed by atoms with van der Waals surface area (Å²) in [6.45, 7) is 1.79. The standard InChI is InChI=1S/C22H24N2O6/c1-9-4-5-13(24(2)3)12-7-10-6-11-8-14(25)17(21(23)29)20(28)22(11,30)19(27)16(10)18(26)15(9)12/h4-5,10-11,16-17,30H,6-8H2,1-3H3,(H2,23,29)/t10-,11+,16?,17?,22+/m1/s1. The highest BCUT2D eigenvalue weighted by Gasteiger charge is 2.65. The molecular formula is C22H24N2O6. The van der Waals surface area contributed by atoms with Gasteiger partial charge in [0.05, 0.1) is 5.92 Å². The molecule has 1 amide bonds. The number of primary amides is 1. The van der Waals surface area contributed by atoms with Crippen molar-refractivity contribution >= 4 is 34.7 Å². The number of ketones is 4. The number of fused-ring (bicyclic) bond motifs is 3. The zero-order chi connectivity index (χ0) is 22.1. The number of nitrogens with two attached hydrogens (primary N) is 1. The van der Waals surface area contributed by atoms with E-state index in [0.29, 0.717) is 12.0 Å². The molecular weight excluding hydrogens is 388 g/mol. The number of amides is 1. The van der Waals surface area contributed by atoms with E-state index in [1.807, 2.05) is 31.1 Å². The summed E-state index contributed by atoms with van der Waals surface area (Å²) < 4.78 is 0. The number of carbonyl (C=O) groups is 5. The van der Waals surface area contributed by atoms with Gasteiger partial charge in [0.15, 0.2) is 34.7 Å². The lowest BCUT2D eigenvalue weighted by atomic mass is 9.53. The van der Waals surface area contributed by atoms with Crippen LogP contribution in [0, 0.1) is 30.6 Å². The average Bonchev–Trinajstić information content (AvgIpc) is 2.64. The van der Waals surface area contributed by atoms with E-state index in [9.17, 15) is 29.1 Å². The Morgan fingerprint density at radius 3 is 2.40 bits per heavy atom. The Kier molecular flexibility index (Phi) is 4.47. The quantitative estimate of drug-likeness (QED) is 0.653. The van der Waals surface area contributed by atoms with Gasteiger partial charge in [-0.1, -0.05) is 6.07 Å². The molecule has 0 aliphatic heterocycles. The summed E-state index contributed by atoms with van der Waals surface area (Å²) in [6.07, 6.45) is 0.308. The van der Waals surface area contributed by atoms with Crippen LogP contribution in [0.15, 0.2) is 12.1 Å². The molecule has 2 saturated carbocycles. The number of hydrogen-bond donors (Lipinski definition) is 2. The molecule has 3 aliphatic carbocycles. The first-order chi connectivity index (χ1) is 14.0. The molecule has 1 aromatic carbocycles. The third-order valence-electron chi connectivity index (χ3n) is 6.97. The molecule has 158 valence electrons. The third-order valence-corrected chi connectivity index (χ3v) is 6.97. The SMILES string of the molecule is Cc1ccc(N(C)C)c2c1C(=O)C1C(=O)[C@]3(O)C(=O)C(C(N)=O)C(=O)C[C@@H]3C[C@@H]1C2. The summed E-state index contributed by atoms with van der Waals surface area (Å²) >= 11 is 0. The van der Waals surface area contributed by atoms with Gasteiger partial charge in [-0.2, -0.15) is 0 Å². The molecule has 0 radical (unpaired) electrons. The molecule has 0 saturated heterocycles. The first-order valence-electron chi connectivity index (χ1n) is 9.97. The fraction of sp³-hybridized carbons (Fsp3) is 0.500. The molecule has 30 heavy (non-hydrogen) atoms. The lowest BCUT2D eigenvalue weighted by Crippen LogP contribution is -2.68. The highest BCUT2D eigenvalue weighted by molar-refractivity contribution is 6.31. The number of nitrogens with zero attached hydrogens (tertiary/aromatic N) is 1. The Balaban J connectivity index is 1.83. The van der Waals surface area contributed by atoms with Crippen LogP contribution < -0.4 is 10.6 Å². The summed E-state index contributed by atoms with van der Waals surface area (Å²) in [4.78, 5) is 65.6. The number of benzene rings is 1. The topological polar surface area (TPSA) is 135 Å². The summed E-state index contributed by atoms with van der Waals surface area (Å²) in [5, 5.41) is 11.2. The van der Waals surface area contributed by atoms with E-state index in [1.165, 1.54) is 0 Å². The molecule has 5 atom stereocenters. The molecule has 1 aromatic rings. The van der Waals surface area contributed by atoms with Gasteiger partial charge in [-0.3, -0.25) is 24.0 Å². The van der Waals surface area contributed by atoms with Crippen LogP contribution in [-0.2, 0) is 25.6 Å². The highest BCUT2D eigenvalue weighted by atomic mass is 16.3. The van der Waals surface area contributed by atoms with Crippen molar-refractivity contribution in [3.05, 3.63) is 28.8 Å². The van der Waals surface area contributed by atoms with E-state index in [-0.39, 0.29) is 12.8 Å². The maximum Gasteiger partial charge on any atom is 0.235 e.